The van der Waals surface area contributed by atoms with Crippen LogP contribution in [-0.2, 0) is 11.8 Å². The number of rotatable bonds is 2. The molecule has 18 heavy (non-hydrogen) atoms. The van der Waals surface area contributed by atoms with Gasteiger partial charge in [0.1, 0.15) is 5.56 Å². The van der Waals surface area contributed by atoms with Crippen molar-refractivity contribution in [1.82, 2.24) is 4.57 Å². The molecule has 0 bridgehead atoms. The molecule has 5 heteroatoms. The predicted octanol–water partition coefficient (Wildman–Crippen LogP) is 2.48. The number of aromatic nitrogens is 1. The third kappa shape index (κ3) is 2.18. The molecule has 0 fully saturated rings. The van der Waals surface area contributed by atoms with E-state index in [2.05, 4.69) is 15.9 Å². The molecule has 94 valence electrons. The number of fused-ring (bicyclic) bond motifs is 1. The fourth-order valence-electron chi connectivity index (χ4n) is 1.81. The first kappa shape index (κ1) is 12.8. The lowest BCUT2D eigenvalue weighted by molar-refractivity contribution is 0.0524. The van der Waals surface area contributed by atoms with E-state index in [1.165, 1.54) is 6.20 Å². The van der Waals surface area contributed by atoms with Crippen LogP contribution in [0.25, 0.3) is 10.9 Å². The molecule has 0 spiro atoms. The number of carbonyl (C=O) groups is 1. The Morgan fingerprint density at radius 2 is 2.17 bits per heavy atom. The maximum Gasteiger partial charge on any atom is 0.343 e. The minimum absolute atomic E-state index is 0.0640. The predicted molar refractivity (Wildman–Crippen MR) is 72.8 cm³/mol. The van der Waals surface area contributed by atoms with Crippen molar-refractivity contribution in [1.29, 1.82) is 0 Å². The maximum atomic E-state index is 12.2. The smallest absolute Gasteiger partial charge is 0.343 e. The van der Waals surface area contributed by atoms with Crippen molar-refractivity contribution in [3.05, 3.63) is 44.7 Å². The SMILES string of the molecule is CCOC(=O)c1cn(C)c2cc(Br)ccc2c1=O. The molecule has 0 unspecified atom stereocenters. The number of benzene rings is 1. The molecule has 2 aromatic rings. The zero-order valence-corrected chi connectivity index (χ0v) is 11.7. The van der Waals surface area contributed by atoms with E-state index in [-0.39, 0.29) is 17.6 Å². The number of hydrogen-bond acceptors (Lipinski definition) is 3. The van der Waals surface area contributed by atoms with E-state index in [4.69, 9.17) is 4.74 Å². The number of hydrogen-bond donors (Lipinski definition) is 0. The number of esters is 1. The van der Waals surface area contributed by atoms with Crippen molar-refractivity contribution < 1.29 is 9.53 Å². The first-order valence-electron chi connectivity index (χ1n) is 5.50. The summed E-state index contributed by atoms with van der Waals surface area (Å²) in [5, 5.41) is 0.506. The standard InChI is InChI=1S/C13H12BrNO3/c1-3-18-13(17)10-7-15(2)11-6-8(14)4-5-9(11)12(10)16/h4-7H,3H2,1-2H3. The summed E-state index contributed by atoms with van der Waals surface area (Å²) in [6.45, 7) is 1.96. The van der Waals surface area contributed by atoms with Crippen molar-refractivity contribution >= 4 is 32.8 Å². The summed E-state index contributed by atoms with van der Waals surface area (Å²) >= 11 is 3.36. The Labute approximate surface area is 112 Å². The van der Waals surface area contributed by atoms with Crippen molar-refractivity contribution in [2.45, 2.75) is 6.92 Å². The molecule has 0 amide bonds. The number of halogens is 1. The molecule has 0 radical (unpaired) electrons. The summed E-state index contributed by atoms with van der Waals surface area (Å²) in [7, 11) is 1.79. The Morgan fingerprint density at radius 1 is 1.44 bits per heavy atom. The topological polar surface area (TPSA) is 48.3 Å². The average Bonchev–Trinajstić information content (AvgIpc) is 2.34. The third-order valence-electron chi connectivity index (χ3n) is 2.65. The van der Waals surface area contributed by atoms with Gasteiger partial charge in [-0.15, -0.1) is 0 Å². The van der Waals surface area contributed by atoms with Crippen molar-refractivity contribution in [2.24, 2.45) is 7.05 Å². The normalized spacial score (nSPS) is 10.6. The van der Waals surface area contributed by atoms with Crippen LogP contribution in [0.4, 0.5) is 0 Å². The Bertz CT molecular complexity index is 676. The van der Waals surface area contributed by atoms with Gasteiger partial charge in [0.2, 0.25) is 5.43 Å². The highest BCUT2D eigenvalue weighted by atomic mass is 79.9. The molecule has 1 heterocycles. The number of pyridine rings is 1. The Balaban J connectivity index is 2.73. The summed E-state index contributed by atoms with van der Waals surface area (Å²) in [6, 6.07) is 5.31. The molecular weight excluding hydrogens is 298 g/mol. The molecule has 0 aliphatic heterocycles. The Kier molecular flexibility index (Phi) is 3.52. The highest BCUT2D eigenvalue weighted by Gasteiger charge is 2.15. The molecule has 0 N–H and O–H groups in total. The van der Waals surface area contributed by atoms with Gasteiger partial charge in [-0.3, -0.25) is 4.79 Å². The second-order valence-electron chi connectivity index (χ2n) is 3.86. The second kappa shape index (κ2) is 4.94. The van der Waals surface area contributed by atoms with E-state index < -0.39 is 5.97 Å². The van der Waals surface area contributed by atoms with E-state index in [1.807, 2.05) is 6.07 Å². The van der Waals surface area contributed by atoms with E-state index in [0.29, 0.717) is 5.39 Å². The first-order chi connectivity index (χ1) is 8.54. The van der Waals surface area contributed by atoms with Gasteiger partial charge in [0.05, 0.1) is 12.1 Å². The summed E-state index contributed by atoms with van der Waals surface area (Å²) in [5.41, 5.74) is 0.533. The van der Waals surface area contributed by atoms with Gasteiger partial charge in [0.15, 0.2) is 0 Å². The van der Waals surface area contributed by atoms with Crippen LogP contribution in [0.2, 0.25) is 0 Å². The van der Waals surface area contributed by atoms with Gasteiger partial charge in [-0.1, -0.05) is 15.9 Å². The molecule has 1 aromatic carbocycles. The number of carbonyl (C=O) groups excluding carboxylic acids is 1. The van der Waals surface area contributed by atoms with Crippen LogP contribution in [0.1, 0.15) is 17.3 Å². The van der Waals surface area contributed by atoms with Crippen molar-refractivity contribution in [3.8, 4) is 0 Å². The Morgan fingerprint density at radius 3 is 2.83 bits per heavy atom. The lowest BCUT2D eigenvalue weighted by atomic mass is 10.1. The largest absolute Gasteiger partial charge is 0.462 e. The number of aryl methyl sites for hydroxylation is 1. The van der Waals surface area contributed by atoms with Gasteiger partial charge >= 0.3 is 5.97 Å². The van der Waals surface area contributed by atoms with E-state index in [9.17, 15) is 9.59 Å². The van der Waals surface area contributed by atoms with E-state index >= 15 is 0 Å². The Hall–Kier alpha value is -1.62. The highest BCUT2D eigenvalue weighted by molar-refractivity contribution is 9.10. The van der Waals surface area contributed by atoms with Crippen LogP contribution in [0.3, 0.4) is 0 Å². The van der Waals surface area contributed by atoms with Gasteiger partial charge in [-0.2, -0.15) is 0 Å². The molecule has 0 saturated heterocycles. The fraction of sp³-hybridized carbons (Fsp3) is 0.231. The van der Waals surface area contributed by atoms with Gasteiger partial charge < -0.3 is 9.30 Å². The first-order valence-corrected chi connectivity index (χ1v) is 6.30. The molecule has 0 aliphatic carbocycles. The van der Waals surface area contributed by atoms with Gasteiger partial charge in [0, 0.05) is 23.1 Å². The highest BCUT2D eigenvalue weighted by Crippen LogP contribution is 2.17. The van der Waals surface area contributed by atoms with Crippen LogP contribution in [0, 0.1) is 0 Å². The minimum Gasteiger partial charge on any atom is -0.462 e. The lowest BCUT2D eigenvalue weighted by Gasteiger charge is -2.08. The fourth-order valence-corrected chi connectivity index (χ4v) is 2.16. The second-order valence-corrected chi connectivity index (χ2v) is 4.78. The summed E-state index contributed by atoms with van der Waals surface area (Å²) in [5.74, 6) is -0.581. The van der Waals surface area contributed by atoms with Crippen LogP contribution in [0.5, 0.6) is 0 Å². The van der Waals surface area contributed by atoms with Gasteiger partial charge in [-0.05, 0) is 25.1 Å². The zero-order chi connectivity index (χ0) is 13.3. The van der Waals surface area contributed by atoms with Crippen LogP contribution in [-0.4, -0.2) is 17.1 Å². The summed E-state index contributed by atoms with van der Waals surface area (Å²) in [4.78, 5) is 23.9. The molecular formula is C13H12BrNO3. The summed E-state index contributed by atoms with van der Waals surface area (Å²) in [6.07, 6.45) is 1.51. The number of nitrogens with zero attached hydrogens (tertiary/aromatic N) is 1. The molecule has 0 aliphatic rings. The van der Waals surface area contributed by atoms with Gasteiger partial charge in [-0.25, -0.2) is 4.79 Å². The molecule has 2 rings (SSSR count). The van der Waals surface area contributed by atoms with E-state index in [0.717, 1.165) is 9.99 Å². The van der Waals surface area contributed by atoms with Crippen LogP contribution >= 0.6 is 15.9 Å². The quantitative estimate of drug-likeness (QED) is 0.801. The lowest BCUT2D eigenvalue weighted by Crippen LogP contribution is -2.20. The number of ether oxygens (including phenoxy) is 1. The van der Waals surface area contributed by atoms with Gasteiger partial charge in [0.25, 0.3) is 0 Å². The summed E-state index contributed by atoms with van der Waals surface area (Å²) < 4.78 is 7.50. The van der Waals surface area contributed by atoms with Crippen LogP contribution in [0.15, 0.2) is 33.7 Å². The molecule has 0 atom stereocenters. The van der Waals surface area contributed by atoms with E-state index in [1.54, 1.807) is 30.7 Å². The zero-order valence-electron chi connectivity index (χ0n) is 10.1. The molecule has 4 nitrogen and oxygen atoms in total. The maximum absolute atomic E-state index is 12.2. The molecule has 0 saturated carbocycles. The van der Waals surface area contributed by atoms with Crippen molar-refractivity contribution in [2.75, 3.05) is 6.61 Å². The van der Waals surface area contributed by atoms with Crippen LogP contribution < -0.4 is 5.43 Å². The van der Waals surface area contributed by atoms with Crippen molar-refractivity contribution in [3.63, 3.8) is 0 Å². The monoisotopic (exact) mass is 309 g/mol. The third-order valence-corrected chi connectivity index (χ3v) is 3.14. The molecule has 1 aromatic heterocycles. The average molecular weight is 310 g/mol. The minimum atomic E-state index is -0.581.